The van der Waals surface area contributed by atoms with Crippen molar-refractivity contribution < 1.29 is 14.6 Å². The molecule has 3 nitrogen and oxygen atoms in total. The molecule has 2 unspecified atom stereocenters. The molecule has 0 spiro atoms. The minimum atomic E-state index is -1.10. The Kier molecular flexibility index (Phi) is 1.13. The molecule has 0 aromatic heterocycles. The Morgan fingerprint density at radius 2 is 2.50 bits per heavy atom. The first-order chi connectivity index (χ1) is 4.73. The zero-order valence-electron chi connectivity index (χ0n) is 5.67. The highest BCUT2D eigenvalue weighted by Gasteiger charge is 2.52. The van der Waals surface area contributed by atoms with Gasteiger partial charge in [0.25, 0.3) is 0 Å². The number of ketones is 1. The lowest BCUT2D eigenvalue weighted by atomic mass is 9.98. The van der Waals surface area contributed by atoms with Crippen LogP contribution in [-0.2, 0) is 9.53 Å². The molecule has 1 aliphatic heterocycles. The smallest absolute Gasteiger partial charge is 0.192 e. The summed E-state index contributed by atoms with van der Waals surface area (Å²) < 4.78 is 5.09. The number of carbonyl (C=O) groups is 1. The molecule has 2 rings (SSSR count). The first-order valence-electron chi connectivity index (χ1n) is 3.61. The van der Waals surface area contributed by atoms with Crippen LogP contribution >= 0.6 is 0 Å². The number of ether oxygens (including phenoxy) is 1. The van der Waals surface area contributed by atoms with Crippen LogP contribution in [0.25, 0.3) is 0 Å². The molecular formula is C7H10O3. The second-order valence-corrected chi connectivity index (χ2v) is 3.04. The van der Waals surface area contributed by atoms with E-state index in [0.717, 1.165) is 12.8 Å². The normalized spacial score (nSPS) is 46.1. The van der Waals surface area contributed by atoms with Crippen molar-refractivity contribution >= 4 is 5.78 Å². The van der Waals surface area contributed by atoms with Gasteiger partial charge in [-0.3, -0.25) is 4.79 Å². The van der Waals surface area contributed by atoms with Gasteiger partial charge >= 0.3 is 0 Å². The van der Waals surface area contributed by atoms with Gasteiger partial charge in [0, 0.05) is 0 Å². The standard InChI is InChI=1S/C7H10O3/c8-5-4-10-6-2-1-3-7(5,6)9/h6,9H,1-4H2. The van der Waals surface area contributed by atoms with Crippen molar-refractivity contribution in [3.05, 3.63) is 0 Å². The lowest BCUT2D eigenvalue weighted by molar-refractivity contribution is -0.132. The van der Waals surface area contributed by atoms with Gasteiger partial charge in [-0.05, 0) is 19.3 Å². The highest BCUT2D eigenvalue weighted by molar-refractivity contribution is 5.91. The van der Waals surface area contributed by atoms with E-state index < -0.39 is 5.60 Å². The van der Waals surface area contributed by atoms with Gasteiger partial charge in [-0.2, -0.15) is 0 Å². The molecule has 1 saturated heterocycles. The predicted molar refractivity (Wildman–Crippen MR) is 33.5 cm³/mol. The lowest BCUT2D eigenvalue weighted by Gasteiger charge is -2.17. The number of rotatable bonds is 0. The van der Waals surface area contributed by atoms with Crippen LogP contribution in [-0.4, -0.2) is 29.2 Å². The molecule has 1 heterocycles. The topological polar surface area (TPSA) is 46.5 Å². The number of Topliss-reactive ketones (excluding diaryl/α,β-unsaturated/α-hetero) is 1. The molecule has 2 fully saturated rings. The van der Waals surface area contributed by atoms with Crippen molar-refractivity contribution in [3.63, 3.8) is 0 Å². The first-order valence-corrected chi connectivity index (χ1v) is 3.61. The zero-order valence-corrected chi connectivity index (χ0v) is 5.67. The zero-order chi connectivity index (χ0) is 7.19. The average molecular weight is 142 g/mol. The van der Waals surface area contributed by atoms with E-state index in [1.165, 1.54) is 0 Å². The van der Waals surface area contributed by atoms with E-state index in [2.05, 4.69) is 0 Å². The summed E-state index contributed by atoms with van der Waals surface area (Å²) in [6.45, 7) is 0.112. The SMILES string of the molecule is O=C1COC2CCCC12O. The number of carbonyl (C=O) groups excluding carboxylic acids is 1. The molecule has 1 saturated carbocycles. The summed E-state index contributed by atoms with van der Waals surface area (Å²) in [6.07, 6.45) is 2.14. The molecule has 0 bridgehead atoms. The van der Waals surface area contributed by atoms with Gasteiger partial charge in [0.05, 0.1) is 6.10 Å². The number of hydrogen-bond acceptors (Lipinski definition) is 3. The van der Waals surface area contributed by atoms with Gasteiger partial charge < -0.3 is 9.84 Å². The minimum absolute atomic E-state index is 0.112. The molecule has 2 aliphatic rings. The van der Waals surface area contributed by atoms with E-state index in [1.807, 2.05) is 0 Å². The molecule has 0 aromatic rings. The molecule has 1 aliphatic carbocycles. The van der Waals surface area contributed by atoms with Crippen molar-refractivity contribution in [2.45, 2.75) is 31.0 Å². The summed E-state index contributed by atoms with van der Waals surface area (Å²) in [5.74, 6) is -0.130. The molecule has 0 radical (unpaired) electrons. The largest absolute Gasteiger partial charge is 0.379 e. The summed E-state index contributed by atoms with van der Waals surface area (Å²) in [5.41, 5.74) is -1.10. The van der Waals surface area contributed by atoms with Crippen LogP contribution in [0.4, 0.5) is 0 Å². The summed E-state index contributed by atoms with van der Waals surface area (Å²) in [7, 11) is 0. The monoisotopic (exact) mass is 142 g/mol. The van der Waals surface area contributed by atoms with Crippen LogP contribution in [0.2, 0.25) is 0 Å². The maximum Gasteiger partial charge on any atom is 0.192 e. The highest BCUT2D eigenvalue weighted by atomic mass is 16.5. The highest BCUT2D eigenvalue weighted by Crippen LogP contribution is 2.37. The molecule has 56 valence electrons. The van der Waals surface area contributed by atoms with Gasteiger partial charge in [0.15, 0.2) is 11.4 Å². The van der Waals surface area contributed by atoms with Crippen molar-refractivity contribution in [2.75, 3.05) is 6.61 Å². The van der Waals surface area contributed by atoms with Crippen molar-refractivity contribution in [2.24, 2.45) is 0 Å². The summed E-state index contributed by atoms with van der Waals surface area (Å²) in [6, 6.07) is 0. The van der Waals surface area contributed by atoms with Crippen molar-refractivity contribution in [1.29, 1.82) is 0 Å². The van der Waals surface area contributed by atoms with E-state index in [0.29, 0.717) is 6.42 Å². The summed E-state index contributed by atoms with van der Waals surface area (Å²) >= 11 is 0. The third-order valence-corrected chi connectivity index (χ3v) is 2.46. The fourth-order valence-electron chi connectivity index (χ4n) is 1.80. The Morgan fingerprint density at radius 1 is 1.70 bits per heavy atom. The fraction of sp³-hybridized carbons (Fsp3) is 0.857. The number of fused-ring (bicyclic) bond motifs is 1. The molecule has 10 heavy (non-hydrogen) atoms. The molecule has 1 N–H and O–H groups in total. The van der Waals surface area contributed by atoms with Crippen molar-refractivity contribution in [1.82, 2.24) is 0 Å². The van der Waals surface area contributed by atoms with E-state index >= 15 is 0 Å². The van der Waals surface area contributed by atoms with Crippen LogP contribution in [0.5, 0.6) is 0 Å². The summed E-state index contributed by atoms with van der Waals surface area (Å²) in [5, 5.41) is 9.62. The Bertz CT molecular complexity index is 178. The van der Waals surface area contributed by atoms with Gasteiger partial charge in [-0.15, -0.1) is 0 Å². The van der Waals surface area contributed by atoms with E-state index in [1.54, 1.807) is 0 Å². The second-order valence-electron chi connectivity index (χ2n) is 3.04. The molecule has 3 heteroatoms. The van der Waals surface area contributed by atoms with Crippen LogP contribution in [0.1, 0.15) is 19.3 Å². The van der Waals surface area contributed by atoms with Crippen LogP contribution in [0.15, 0.2) is 0 Å². The van der Waals surface area contributed by atoms with Gasteiger partial charge in [-0.1, -0.05) is 0 Å². The third-order valence-electron chi connectivity index (χ3n) is 2.46. The van der Waals surface area contributed by atoms with Crippen LogP contribution < -0.4 is 0 Å². The maximum atomic E-state index is 11.0. The Labute approximate surface area is 59.0 Å². The quantitative estimate of drug-likeness (QED) is 0.512. The fourth-order valence-corrected chi connectivity index (χ4v) is 1.80. The van der Waals surface area contributed by atoms with Crippen LogP contribution in [0, 0.1) is 0 Å². The second kappa shape index (κ2) is 1.80. The van der Waals surface area contributed by atoms with Gasteiger partial charge in [0.2, 0.25) is 0 Å². The van der Waals surface area contributed by atoms with E-state index in [-0.39, 0.29) is 18.5 Å². The number of hydrogen-bond donors (Lipinski definition) is 1. The Hall–Kier alpha value is -0.410. The Morgan fingerprint density at radius 3 is 3.20 bits per heavy atom. The molecule has 2 atom stereocenters. The molecular weight excluding hydrogens is 132 g/mol. The van der Waals surface area contributed by atoms with Crippen LogP contribution in [0.3, 0.4) is 0 Å². The van der Waals surface area contributed by atoms with E-state index in [9.17, 15) is 9.90 Å². The van der Waals surface area contributed by atoms with E-state index in [4.69, 9.17) is 4.74 Å². The minimum Gasteiger partial charge on any atom is -0.379 e. The first kappa shape index (κ1) is 6.31. The molecule has 0 aromatic carbocycles. The summed E-state index contributed by atoms with van der Waals surface area (Å²) in [4.78, 5) is 11.0. The average Bonchev–Trinajstić information content (AvgIpc) is 2.36. The predicted octanol–water partition coefficient (Wildman–Crippen LogP) is -0.131. The maximum absolute atomic E-state index is 11.0. The van der Waals surface area contributed by atoms with Gasteiger partial charge in [0.1, 0.15) is 6.61 Å². The Balaban J connectivity index is 2.30. The number of aliphatic hydroxyl groups is 1. The van der Waals surface area contributed by atoms with Gasteiger partial charge in [-0.25, -0.2) is 0 Å². The third kappa shape index (κ3) is 0.592. The lowest BCUT2D eigenvalue weighted by Crippen LogP contribution is -2.39. The van der Waals surface area contributed by atoms with Crippen molar-refractivity contribution in [3.8, 4) is 0 Å². The molecule has 0 amide bonds.